The molecule has 0 amide bonds. The van der Waals surface area contributed by atoms with Crippen LogP contribution in [0.15, 0.2) is 85.2 Å². The van der Waals surface area contributed by atoms with Crippen molar-refractivity contribution in [2.45, 2.75) is 0 Å². The molecule has 130 valence electrons. The molecule has 4 rings (SSSR count). The van der Waals surface area contributed by atoms with Gasteiger partial charge in [-0.05, 0) is 29.3 Å². The summed E-state index contributed by atoms with van der Waals surface area (Å²) in [6, 6.07) is 19.2. The maximum atomic E-state index is 2.18. The predicted molar refractivity (Wildman–Crippen MR) is 106 cm³/mol. The van der Waals surface area contributed by atoms with Gasteiger partial charge in [0, 0.05) is 36.6 Å². The molecule has 0 saturated heterocycles. The van der Waals surface area contributed by atoms with Crippen LogP contribution in [0.1, 0.15) is 11.1 Å². The normalized spacial score (nSPS) is 14.7. The van der Waals surface area contributed by atoms with Crippen molar-refractivity contribution in [1.82, 2.24) is 0 Å². The molecule has 1 aliphatic heterocycles. The van der Waals surface area contributed by atoms with E-state index in [4.69, 9.17) is 0 Å². The Kier molecular flexibility index (Phi) is 5.57. The zero-order valence-corrected chi connectivity index (χ0v) is 17.1. The number of hydrogen-bond donors (Lipinski definition) is 0. The van der Waals surface area contributed by atoms with E-state index >= 15 is 0 Å². The van der Waals surface area contributed by atoms with Crippen LogP contribution in [-0.2, 0) is 7.05 Å². The molecule has 26 heavy (non-hydrogen) atoms. The molecule has 3 aromatic rings. The number of aryl methyl sites for hydroxylation is 1. The molecule has 2 aromatic carbocycles. The van der Waals surface area contributed by atoms with Crippen molar-refractivity contribution in [3.8, 4) is 0 Å². The summed E-state index contributed by atoms with van der Waals surface area (Å²) in [5, 5.41) is 1.27. The maximum Gasteiger partial charge on any atom is 0.212 e. The molecule has 0 unspecified atom stereocenters. The average Bonchev–Trinajstić information content (AvgIpc) is 2.66. The van der Waals surface area contributed by atoms with Crippen LogP contribution in [0.5, 0.6) is 0 Å². The number of allylic oxidation sites excluding steroid dienone is 4. The van der Waals surface area contributed by atoms with Crippen LogP contribution in [0, 0.1) is 0 Å². The van der Waals surface area contributed by atoms with Gasteiger partial charge in [0.05, 0.1) is 5.39 Å². The molecule has 0 aliphatic carbocycles. The number of halogens is 1. The molecule has 0 radical (unpaired) electrons. The number of hydrogen-bond acceptors (Lipinski definition) is 1. The monoisotopic (exact) mass is 452 g/mol. The number of nitrogens with zero attached hydrogens (tertiary/aromatic N) is 2. The van der Waals surface area contributed by atoms with Gasteiger partial charge in [-0.1, -0.05) is 48.6 Å². The first-order valence-electron chi connectivity index (χ1n) is 8.50. The fourth-order valence-electron chi connectivity index (χ4n) is 3.32. The molecule has 0 fully saturated rings. The van der Waals surface area contributed by atoms with Gasteiger partial charge in [0.2, 0.25) is 5.52 Å². The van der Waals surface area contributed by atoms with Crippen molar-refractivity contribution < 1.29 is 28.5 Å². The summed E-state index contributed by atoms with van der Waals surface area (Å²) in [6.45, 7) is 0. The molecule has 0 N–H and O–H groups in total. The van der Waals surface area contributed by atoms with Gasteiger partial charge >= 0.3 is 0 Å². The van der Waals surface area contributed by atoms with E-state index in [1.807, 2.05) is 0 Å². The molecular formula is C23H21IN2. The average molecular weight is 452 g/mol. The van der Waals surface area contributed by atoms with E-state index in [9.17, 15) is 0 Å². The molecular weight excluding hydrogens is 431 g/mol. The lowest BCUT2D eigenvalue weighted by atomic mass is 9.99. The maximum absolute atomic E-state index is 2.18. The predicted octanol–water partition coefficient (Wildman–Crippen LogP) is 1.73. The lowest BCUT2D eigenvalue weighted by molar-refractivity contribution is -0.644. The summed E-state index contributed by atoms with van der Waals surface area (Å²) >= 11 is 0. The second kappa shape index (κ2) is 7.87. The topological polar surface area (TPSA) is 7.12 Å². The van der Waals surface area contributed by atoms with E-state index in [-0.39, 0.29) is 24.0 Å². The van der Waals surface area contributed by atoms with E-state index in [1.165, 1.54) is 33.3 Å². The minimum absolute atomic E-state index is 0. The molecule has 2 heterocycles. The number of aromatic nitrogens is 1. The third-order valence-electron chi connectivity index (χ3n) is 4.70. The lowest BCUT2D eigenvalue weighted by Crippen LogP contribution is -3.00. The standard InChI is InChI=1S/C23H21N2.HI/c1-24-16-14-18(20-10-3-5-12-22(20)24)8-7-9-19-15-17-25(2)23-13-6-4-11-21(19)23;/h3-17H,1-2H3;1H/q+1;/p-1. The number of fused-ring (bicyclic) bond motifs is 2. The molecule has 0 saturated carbocycles. The lowest BCUT2D eigenvalue weighted by Gasteiger charge is -2.23. The highest BCUT2D eigenvalue weighted by Crippen LogP contribution is 2.31. The zero-order chi connectivity index (χ0) is 17.2. The molecule has 1 aliphatic rings. The fraction of sp³-hybridized carbons (Fsp3) is 0.0870. The van der Waals surface area contributed by atoms with Crippen LogP contribution in [0.25, 0.3) is 22.6 Å². The molecule has 0 atom stereocenters. The molecule has 1 aromatic heterocycles. The second-order valence-electron chi connectivity index (χ2n) is 6.32. The summed E-state index contributed by atoms with van der Waals surface area (Å²) < 4.78 is 2.15. The van der Waals surface area contributed by atoms with Crippen LogP contribution >= 0.6 is 0 Å². The van der Waals surface area contributed by atoms with Gasteiger partial charge in [0.1, 0.15) is 7.05 Å². The number of pyridine rings is 1. The Bertz CT molecular complexity index is 1030. The molecule has 2 nitrogen and oxygen atoms in total. The Morgan fingerprint density at radius 2 is 1.73 bits per heavy atom. The van der Waals surface area contributed by atoms with Crippen LogP contribution in [0.4, 0.5) is 5.69 Å². The van der Waals surface area contributed by atoms with Crippen LogP contribution in [-0.4, -0.2) is 7.05 Å². The minimum atomic E-state index is 0. The SMILES string of the molecule is CN1C=C/C(=C\C=C\c2cc[n+](C)c3ccccc23)c2ccccc21.[I-]. The van der Waals surface area contributed by atoms with Crippen molar-refractivity contribution >= 4 is 28.2 Å². The van der Waals surface area contributed by atoms with Gasteiger partial charge in [0.15, 0.2) is 6.20 Å². The van der Waals surface area contributed by atoms with Crippen molar-refractivity contribution in [1.29, 1.82) is 0 Å². The summed E-state index contributed by atoms with van der Waals surface area (Å²) in [5.74, 6) is 0. The van der Waals surface area contributed by atoms with Gasteiger partial charge in [-0.2, -0.15) is 0 Å². The highest BCUT2D eigenvalue weighted by atomic mass is 127. The highest BCUT2D eigenvalue weighted by molar-refractivity contribution is 5.88. The summed E-state index contributed by atoms with van der Waals surface area (Å²) in [4.78, 5) is 2.15. The summed E-state index contributed by atoms with van der Waals surface area (Å²) in [5.41, 5.74) is 6.21. The number of benzene rings is 2. The quantitative estimate of drug-likeness (QED) is 0.425. The van der Waals surface area contributed by atoms with Crippen LogP contribution in [0.2, 0.25) is 0 Å². The molecule has 0 spiro atoms. The third kappa shape index (κ3) is 3.44. The van der Waals surface area contributed by atoms with Crippen LogP contribution in [0.3, 0.4) is 0 Å². The zero-order valence-electron chi connectivity index (χ0n) is 14.9. The van der Waals surface area contributed by atoms with Gasteiger partial charge in [-0.15, -0.1) is 0 Å². The minimum Gasteiger partial charge on any atom is -1.00 e. The Hall–Kier alpha value is -2.40. The number of rotatable bonds is 2. The molecule has 3 heteroatoms. The van der Waals surface area contributed by atoms with Crippen molar-refractivity contribution in [2.75, 3.05) is 11.9 Å². The van der Waals surface area contributed by atoms with Crippen molar-refractivity contribution in [2.24, 2.45) is 7.05 Å². The first-order chi connectivity index (χ1) is 12.2. The number of para-hydroxylation sites is 2. The van der Waals surface area contributed by atoms with Gasteiger partial charge in [-0.3, -0.25) is 0 Å². The van der Waals surface area contributed by atoms with Gasteiger partial charge < -0.3 is 28.9 Å². The fourth-order valence-corrected chi connectivity index (χ4v) is 3.32. The van der Waals surface area contributed by atoms with E-state index < -0.39 is 0 Å². The van der Waals surface area contributed by atoms with E-state index in [0.29, 0.717) is 0 Å². The third-order valence-corrected chi connectivity index (χ3v) is 4.70. The van der Waals surface area contributed by atoms with Gasteiger partial charge in [0.25, 0.3) is 0 Å². The Labute approximate surface area is 171 Å². The Balaban J connectivity index is 0.00000196. The Morgan fingerprint density at radius 1 is 0.962 bits per heavy atom. The van der Waals surface area contributed by atoms with E-state index in [1.54, 1.807) is 0 Å². The Morgan fingerprint density at radius 3 is 2.62 bits per heavy atom. The summed E-state index contributed by atoms with van der Waals surface area (Å²) in [6.07, 6.45) is 12.9. The molecule has 0 bridgehead atoms. The largest absolute Gasteiger partial charge is 1.00 e. The number of anilines is 1. The highest BCUT2D eigenvalue weighted by Gasteiger charge is 2.11. The first kappa shape index (κ1) is 18.4. The van der Waals surface area contributed by atoms with Crippen molar-refractivity contribution in [3.05, 3.63) is 96.3 Å². The first-order valence-corrected chi connectivity index (χ1v) is 8.50. The van der Waals surface area contributed by atoms with Crippen molar-refractivity contribution in [3.63, 3.8) is 0 Å². The van der Waals surface area contributed by atoms with E-state index in [0.717, 1.165) is 0 Å². The second-order valence-corrected chi connectivity index (χ2v) is 6.32. The van der Waals surface area contributed by atoms with Gasteiger partial charge in [-0.25, -0.2) is 4.57 Å². The summed E-state index contributed by atoms with van der Waals surface area (Å²) in [7, 11) is 4.16. The smallest absolute Gasteiger partial charge is 0.212 e. The van der Waals surface area contributed by atoms with Crippen LogP contribution < -0.4 is 33.4 Å². The van der Waals surface area contributed by atoms with E-state index in [2.05, 4.69) is 115 Å².